The number of nitrogens with two attached hydrogens (primary N) is 1. The highest BCUT2D eigenvalue weighted by molar-refractivity contribution is 5.66. The first-order chi connectivity index (χ1) is 13.2. The Balaban J connectivity index is 2.04. The molecule has 1 fully saturated rings. The predicted octanol–water partition coefficient (Wildman–Crippen LogP) is 3.09. The van der Waals surface area contributed by atoms with Gasteiger partial charge in [-0.05, 0) is 56.2 Å². The normalized spacial score (nSPS) is 16.7. The summed E-state index contributed by atoms with van der Waals surface area (Å²) in [5, 5.41) is 11.0. The molecule has 0 atom stereocenters. The van der Waals surface area contributed by atoms with Crippen molar-refractivity contribution in [3.63, 3.8) is 0 Å². The maximum absolute atomic E-state index is 10.0. The van der Waals surface area contributed by atoms with E-state index in [1.807, 2.05) is 12.1 Å². The summed E-state index contributed by atoms with van der Waals surface area (Å²) in [5.41, 5.74) is 12.5. The van der Waals surface area contributed by atoms with Gasteiger partial charge in [0.1, 0.15) is 11.6 Å². The third kappa shape index (κ3) is 2.90. The van der Waals surface area contributed by atoms with Crippen molar-refractivity contribution < 1.29 is 0 Å². The summed E-state index contributed by atoms with van der Waals surface area (Å²) in [7, 11) is 0. The Bertz CT molecular complexity index is 1060. The van der Waals surface area contributed by atoms with Gasteiger partial charge >= 0.3 is 0 Å². The van der Waals surface area contributed by atoms with Crippen molar-refractivity contribution in [2.45, 2.75) is 58.5 Å². The first-order valence-corrected chi connectivity index (χ1v) is 9.75. The number of aromatic nitrogens is 2. The van der Waals surface area contributed by atoms with Crippen LogP contribution in [-0.4, -0.2) is 9.55 Å². The zero-order chi connectivity index (χ0) is 19.0. The molecule has 2 aromatic rings. The zero-order valence-corrected chi connectivity index (χ0v) is 16.0. The van der Waals surface area contributed by atoms with Crippen LogP contribution in [0.15, 0.2) is 34.6 Å². The second kappa shape index (κ2) is 7.13. The number of pyridine rings is 1. The molecule has 0 radical (unpaired) electrons. The molecule has 2 aliphatic rings. The van der Waals surface area contributed by atoms with E-state index in [2.05, 4.69) is 35.5 Å². The Labute approximate surface area is 159 Å². The lowest BCUT2D eigenvalue weighted by Gasteiger charge is -2.29. The monoisotopic (exact) mass is 359 g/mol. The number of hydrogen-bond donors (Lipinski definition) is 1. The van der Waals surface area contributed by atoms with Gasteiger partial charge in [0.25, 0.3) is 0 Å². The lowest BCUT2D eigenvalue weighted by Crippen LogP contribution is -2.34. The van der Waals surface area contributed by atoms with Crippen LogP contribution in [0.25, 0.3) is 17.5 Å². The van der Waals surface area contributed by atoms with Crippen LogP contribution in [-0.2, 0) is 6.54 Å². The molecule has 5 nitrogen and oxygen atoms in total. The van der Waals surface area contributed by atoms with E-state index >= 15 is 0 Å². The predicted molar refractivity (Wildman–Crippen MR) is 106 cm³/mol. The standard InChI is InChI=1S/C22H25N5/c1-3-16-8-9-18-19(12-24)21(20-10-7-15(11-23)13-25-20)27(17-5-4-6-17)22(18)26-14(16)2/h7,9-10,13,17H,3-6,8,11,23H2,1-2H3. The fourth-order valence-electron chi connectivity index (χ4n) is 3.96. The molecule has 2 aromatic heterocycles. The Kier molecular flexibility index (Phi) is 4.67. The highest BCUT2D eigenvalue weighted by Crippen LogP contribution is 2.35. The fourth-order valence-corrected chi connectivity index (χ4v) is 3.96. The second-order valence-electron chi connectivity index (χ2n) is 7.35. The van der Waals surface area contributed by atoms with Crippen LogP contribution in [0.1, 0.15) is 63.1 Å². The van der Waals surface area contributed by atoms with Crippen LogP contribution in [0.2, 0.25) is 0 Å². The summed E-state index contributed by atoms with van der Waals surface area (Å²) in [5.74, 6) is 0. The van der Waals surface area contributed by atoms with Crippen LogP contribution in [0.5, 0.6) is 0 Å². The lowest BCUT2D eigenvalue weighted by atomic mass is 9.92. The molecule has 2 N–H and O–H groups in total. The van der Waals surface area contributed by atoms with Crippen molar-refractivity contribution in [1.29, 1.82) is 5.26 Å². The molecule has 3 heterocycles. The molecule has 138 valence electrons. The molecule has 4 rings (SSSR count). The van der Waals surface area contributed by atoms with E-state index in [4.69, 9.17) is 10.7 Å². The number of fused-ring (bicyclic) bond motifs is 1. The molecule has 0 aromatic carbocycles. The van der Waals surface area contributed by atoms with Crippen LogP contribution in [0.4, 0.5) is 0 Å². The Morgan fingerprint density at radius 2 is 2.15 bits per heavy atom. The summed E-state index contributed by atoms with van der Waals surface area (Å²) in [6.45, 7) is 4.71. The maximum atomic E-state index is 10.0. The van der Waals surface area contributed by atoms with Gasteiger partial charge in [0.05, 0.1) is 17.0 Å². The number of rotatable bonds is 4. The van der Waals surface area contributed by atoms with Crippen LogP contribution < -0.4 is 16.4 Å². The minimum Gasteiger partial charge on any atom is -0.326 e. The highest BCUT2D eigenvalue weighted by atomic mass is 15.1. The quantitative estimate of drug-likeness (QED) is 0.911. The molecular weight excluding hydrogens is 334 g/mol. The number of nitriles is 1. The summed E-state index contributed by atoms with van der Waals surface area (Å²) in [6.07, 6.45) is 9.28. The minimum absolute atomic E-state index is 0.389. The third-order valence-electron chi connectivity index (χ3n) is 5.84. The van der Waals surface area contributed by atoms with E-state index < -0.39 is 0 Å². The average Bonchev–Trinajstić information content (AvgIpc) is 2.83. The first kappa shape index (κ1) is 17.7. The molecule has 1 aliphatic carbocycles. The van der Waals surface area contributed by atoms with Crippen LogP contribution in [0.3, 0.4) is 0 Å². The van der Waals surface area contributed by atoms with Crippen LogP contribution in [0, 0.1) is 11.3 Å². The van der Waals surface area contributed by atoms with Crippen molar-refractivity contribution in [1.82, 2.24) is 9.55 Å². The van der Waals surface area contributed by atoms with Gasteiger partial charge in [-0.25, -0.2) is 4.99 Å². The highest BCUT2D eigenvalue weighted by Gasteiger charge is 2.28. The van der Waals surface area contributed by atoms with Crippen molar-refractivity contribution in [3.8, 4) is 17.5 Å². The second-order valence-corrected chi connectivity index (χ2v) is 7.35. The minimum atomic E-state index is 0.389. The van der Waals surface area contributed by atoms with Gasteiger partial charge in [-0.15, -0.1) is 0 Å². The molecular formula is C22H25N5. The van der Waals surface area contributed by atoms with Gasteiger partial charge in [-0.1, -0.05) is 19.1 Å². The molecule has 0 amide bonds. The van der Waals surface area contributed by atoms with Gasteiger partial charge in [0.2, 0.25) is 0 Å². The summed E-state index contributed by atoms with van der Waals surface area (Å²) < 4.78 is 2.28. The molecule has 0 saturated heterocycles. The number of nitrogens with zero attached hydrogens (tertiary/aromatic N) is 4. The summed E-state index contributed by atoms with van der Waals surface area (Å²) in [6, 6.07) is 6.82. The topological polar surface area (TPSA) is 80.0 Å². The average molecular weight is 359 g/mol. The molecule has 0 spiro atoms. The largest absolute Gasteiger partial charge is 0.326 e. The van der Waals surface area contributed by atoms with E-state index in [-0.39, 0.29) is 0 Å². The Morgan fingerprint density at radius 1 is 1.33 bits per heavy atom. The van der Waals surface area contributed by atoms with E-state index in [1.165, 1.54) is 12.0 Å². The van der Waals surface area contributed by atoms with Crippen molar-refractivity contribution in [2.75, 3.05) is 0 Å². The fraction of sp³-hybridized carbons (Fsp3) is 0.409. The van der Waals surface area contributed by atoms with Gasteiger partial charge in [-0.3, -0.25) is 4.98 Å². The summed E-state index contributed by atoms with van der Waals surface area (Å²) in [4.78, 5) is 9.62. The van der Waals surface area contributed by atoms with E-state index in [0.717, 1.165) is 59.0 Å². The molecule has 1 aliphatic heterocycles. The van der Waals surface area contributed by atoms with Gasteiger partial charge in [-0.2, -0.15) is 5.26 Å². The maximum Gasteiger partial charge on any atom is 0.142 e. The molecule has 0 bridgehead atoms. The number of allylic oxidation sites excluding steroid dienone is 2. The van der Waals surface area contributed by atoms with E-state index in [0.29, 0.717) is 18.2 Å². The zero-order valence-electron chi connectivity index (χ0n) is 16.0. The number of hydrogen-bond acceptors (Lipinski definition) is 4. The van der Waals surface area contributed by atoms with Crippen molar-refractivity contribution in [3.05, 3.63) is 51.4 Å². The van der Waals surface area contributed by atoms with Gasteiger partial charge < -0.3 is 10.3 Å². The van der Waals surface area contributed by atoms with Crippen LogP contribution >= 0.6 is 0 Å². The van der Waals surface area contributed by atoms with E-state index in [9.17, 15) is 5.26 Å². The Hall–Kier alpha value is -2.71. The smallest absolute Gasteiger partial charge is 0.142 e. The molecule has 1 saturated carbocycles. The Morgan fingerprint density at radius 3 is 2.70 bits per heavy atom. The van der Waals surface area contributed by atoms with Crippen molar-refractivity contribution in [2.24, 2.45) is 10.7 Å². The lowest BCUT2D eigenvalue weighted by molar-refractivity contribution is 0.309. The van der Waals surface area contributed by atoms with E-state index in [1.54, 1.807) is 6.20 Å². The SMILES string of the molecule is CCC1=C(C)N=c2c(c(C#N)c(-c3ccc(CN)cn3)n2C2CCC2)=CC1. The molecule has 27 heavy (non-hydrogen) atoms. The van der Waals surface area contributed by atoms with Gasteiger partial charge in [0, 0.05) is 29.7 Å². The summed E-state index contributed by atoms with van der Waals surface area (Å²) >= 11 is 0. The van der Waals surface area contributed by atoms with Gasteiger partial charge in [0.15, 0.2) is 0 Å². The van der Waals surface area contributed by atoms with Crippen molar-refractivity contribution >= 4 is 6.08 Å². The first-order valence-electron chi connectivity index (χ1n) is 9.75. The molecule has 5 heteroatoms. The molecule has 0 unspecified atom stereocenters. The third-order valence-corrected chi connectivity index (χ3v) is 5.84.